The van der Waals surface area contributed by atoms with E-state index in [-0.39, 0.29) is 18.2 Å². The summed E-state index contributed by atoms with van der Waals surface area (Å²) in [6.07, 6.45) is 15.7. The Kier molecular flexibility index (Phi) is 11.0. The molecule has 1 aliphatic heterocycles. The van der Waals surface area contributed by atoms with Gasteiger partial charge in [0.25, 0.3) is 0 Å². The molecular weight excluding hydrogens is 292 g/mol. The van der Waals surface area contributed by atoms with Crippen LogP contribution in [0.25, 0.3) is 0 Å². The number of hydrogen-bond donors (Lipinski definition) is 1. The molecule has 0 aromatic rings. The molecule has 134 valence electrons. The lowest BCUT2D eigenvalue weighted by Crippen LogP contribution is -2.16. The Balaban J connectivity index is 1.92. The molecule has 1 N–H and O–H groups in total. The summed E-state index contributed by atoms with van der Waals surface area (Å²) in [5.74, 6) is -0.299. The van der Waals surface area contributed by atoms with Crippen molar-refractivity contribution >= 4 is 5.97 Å². The van der Waals surface area contributed by atoms with E-state index in [0.29, 0.717) is 6.10 Å². The predicted octanol–water partition coefficient (Wildman–Crippen LogP) is 4.15. The van der Waals surface area contributed by atoms with Crippen LogP contribution in [0.1, 0.15) is 77.6 Å². The van der Waals surface area contributed by atoms with E-state index in [1.165, 1.54) is 45.3 Å². The first kappa shape index (κ1) is 20.2. The van der Waals surface area contributed by atoms with Crippen molar-refractivity contribution in [2.24, 2.45) is 0 Å². The van der Waals surface area contributed by atoms with Crippen LogP contribution in [-0.4, -0.2) is 36.5 Å². The Morgan fingerprint density at radius 3 is 2.65 bits per heavy atom. The molecule has 4 nitrogen and oxygen atoms in total. The zero-order valence-corrected chi connectivity index (χ0v) is 14.8. The molecule has 0 spiro atoms. The molecule has 1 heterocycles. The fourth-order valence-electron chi connectivity index (χ4n) is 2.88. The summed E-state index contributed by atoms with van der Waals surface area (Å²) in [4.78, 5) is 10.9. The van der Waals surface area contributed by atoms with Gasteiger partial charge in [-0.2, -0.15) is 0 Å². The Labute approximate surface area is 141 Å². The Bertz CT molecular complexity index is 340. The number of ether oxygens (including phenoxy) is 2. The van der Waals surface area contributed by atoms with Crippen molar-refractivity contribution in [3.05, 3.63) is 12.2 Å². The van der Waals surface area contributed by atoms with E-state index >= 15 is 0 Å². The average Bonchev–Trinajstić information content (AvgIpc) is 3.33. The van der Waals surface area contributed by atoms with Gasteiger partial charge in [-0.3, -0.25) is 0 Å². The lowest BCUT2D eigenvalue weighted by atomic mass is 10.0. The second-order valence-corrected chi connectivity index (χ2v) is 6.47. The van der Waals surface area contributed by atoms with Gasteiger partial charge in [0.15, 0.2) is 0 Å². The van der Waals surface area contributed by atoms with Crippen molar-refractivity contribution < 1.29 is 19.4 Å². The first-order valence-electron chi connectivity index (χ1n) is 9.27. The summed E-state index contributed by atoms with van der Waals surface area (Å²) in [6, 6.07) is 0. The van der Waals surface area contributed by atoms with Crippen LogP contribution in [0, 0.1) is 0 Å². The van der Waals surface area contributed by atoms with Crippen LogP contribution < -0.4 is 0 Å². The largest absolute Gasteiger partial charge is 0.466 e. The van der Waals surface area contributed by atoms with Gasteiger partial charge in [0, 0.05) is 6.08 Å². The van der Waals surface area contributed by atoms with Gasteiger partial charge in [-0.25, -0.2) is 4.79 Å². The number of methoxy groups -OCH3 is 1. The summed E-state index contributed by atoms with van der Waals surface area (Å²) in [6.45, 7) is 2.23. The third-order valence-electron chi connectivity index (χ3n) is 4.42. The highest BCUT2D eigenvalue weighted by molar-refractivity contribution is 5.81. The van der Waals surface area contributed by atoms with E-state index in [0.717, 1.165) is 38.5 Å². The van der Waals surface area contributed by atoms with Gasteiger partial charge >= 0.3 is 5.97 Å². The molecule has 23 heavy (non-hydrogen) atoms. The molecule has 0 radical (unpaired) electrons. The maximum absolute atomic E-state index is 10.9. The van der Waals surface area contributed by atoms with Gasteiger partial charge in [0.1, 0.15) is 6.10 Å². The van der Waals surface area contributed by atoms with Gasteiger partial charge in [0.05, 0.1) is 19.3 Å². The summed E-state index contributed by atoms with van der Waals surface area (Å²) < 4.78 is 10.1. The fraction of sp³-hybridized carbons (Fsp3) is 0.842. The van der Waals surface area contributed by atoms with Crippen molar-refractivity contribution in [3.8, 4) is 0 Å². The van der Waals surface area contributed by atoms with Gasteiger partial charge < -0.3 is 14.6 Å². The molecule has 0 aromatic heterocycles. The monoisotopic (exact) mass is 326 g/mol. The molecule has 0 aliphatic carbocycles. The molecule has 0 amide bonds. The van der Waals surface area contributed by atoms with Crippen LogP contribution >= 0.6 is 0 Å². The number of carbonyl (C=O) groups excluding carboxylic acids is 1. The Morgan fingerprint density at radius 1 is 1.17 bits per heavy atom. The minimum Gasteiger partial charge on any atom is -0.466 e. The maximum atomic E-state index is 10.9. The Hall–Kier alpha value is -0.870. The number of hydrogen-bond acceptors (Lipinski definition) is 4. The van der Waals surface area contributed by atoms with Crippen molar-refractivity contribution in [1.29, 1.82) is 0 Å². The highest BCUT2D eigenvalue weighted by Gasteiger charge is 2.42. The van der Waals surface area contributed by atoms with E-state index in [2.05, 4.69) is 11.7 Å². The number of rotatable bonds is 14. The van der Waals surface area contributed by atoms with Gasteiger partial charge in [0.2, 0.25) is 0 Å². The first-order valence-corrected chi connectivity index (χ1v) is 9.27. The average molecular weight is 326 g/mol. The highest BCUT2D eigenvalue weighted by Crippen LogP contribution is 2.32. The molecule has 0 bridgehead atoms. The normalized spacial score (nSPS) is 21.5. The van der Waals surface area contributed by atoms with Crippen LogP contribution in [0.2, 0.25) is 0 Å². The van der Waals surface area contributed by atoms with Crippen LogP contribution in [0.4, 0.5) is 0 Å². The third kappa shape index (κ3) is 9.77. The number of unbranched alkanes of at least 4 members (excludes halogenated alkanes) is 7. The molecule has 4 heteroatoms. The van der Waals surface area contributed by atoms with Crippen LogP contribution in [-0.2, 0) is 14.3 Å². The van der Waals surface area contributed by atoms with Crippen LogP contribution in [0.5, 0.6) is 0 Å². The number of allylic oxidation sites excluding steroid dienone is 1. The number of epoxide rings is 1. The molecule has 1 saturated heterocycles. The molecule has 0 saturated carbocycles. The van der Waals surface area contributed by atoms with Crippen molar-refractivity contribution in [3.63, 3.8) is 0 Å². The standard InChI is InChI=1S/C19H34O4/c1-3-4-5-7-11-14-17-19(23-17)16(20)13-10-8-6-9-12-15-18(21)22-2/h12,15-17,19-20H,3-11,13-14H2,1-2H3. The van der Waals surface area contributed by atoms with Crippen molar-refractivity contribution in [1.82, 2.24) is 0 Å². The van der Waals surface area contributed by atoms with E-state index in [1.54, 1.807) is 0 Å². The molecule has 1 rings (SSSR count). The molecule has 0 aromatic carbocycles. The van der Waals surface area contributed by atoms with Crippen molar-refractivity contribution in [2.45, 2.75) is 95.9 Å². The summed E-state index contributed by atoms with van der Waals surface area (Å²) in [5.41, 5.74) is 0. The number of aliphatic hydroxyl groups is 1. The number of aliphatic hydroxyl groups excluding tert-OH is 1. The lowest BCUT2D eigenvalue weighted by molar-refractivity contribution is -0.134. The smallest absolute Gasteiger partial charge is 0.330 e. The zero-order chi connectivity index (χ0) is 16.9. The first-order chi connectivity index (χ1) is 11.2. The van der Waals surface area contributed by atoms with Gasteiger partial charge in [-0.1, -0.05) is 57.9 Å². The minimum absolute atomic E-state index is 0.0837. The quantitative estimate of drug-likeness (QED) is 0.225. The van der Waals surface area contributed by atoms with Crippen molar-refractivity contribution in [2.75, 3.05) is 7.11 Å². The van der Waals surface area contributed by atoms with Gasteiger partial charge in [-0.15, -0.1) is 0 Å². The number of carbonyl (C=O) groups is 1. The second kappa shape index (κ2) is 12.5. The maximum Gasteiger partial charge on any atom is 0.330 e. The second-order valence-electron chi connectivity index (χ2n) is 6.47. The van der Waals surface area contributed by atoms with E-state index in [4.69, 9.17) is 4.74 Å². The van der Waals surface area contributed by atoms with Crippen LogP contribution in [0.15, 0.2) is 12.2 Å². The van der Waals surface area contributed by atoms with E-state index in [1.807, 2.05) is 6.08 Å². The van der Waals surface area contributed by atoms with E-state index in [9.17, 15) is 9.90 Å². The van der Waals surface area contributed by atoms with Gasteiger partial charge in [-0.05, 0) is 25.7 Å². The summed E-state index contributed by atoms with van der Waals surface area (Å²) in [5, 5.41) is 10.1. The van der Waals surface area contributed by atoms with E-state index < -0.39 is 0 Å². The van der Waals surface area contributed by atoms with Crippen LogP contribution in [0.3, 0.4) is 0 Å². The summed E-state index contributed by atoms with van der Waals surface area (Å²) >= 11 is 0. The highest BCUT2D eigenvalue weighted by atomic mass is 16.6. The molecule has 3 atom stereocenters. The lowest BCUT2D eigenvalue weighted by Gasteiger charge is -2.07. The number of esters is 1. The topological polar surface area (TPSA) is 59.1 Å². The molecular formula is C19H34O4. The Morgan fingerprint density at radius 2 is 1.91 bits per heavy atom. The summed E-state index contributed by atoms with van der Waals surface area (Å²) in [7, 11) is 1.38. The molecule has 1 fully saturated rings. The molecule has 1 aliphatic rings. The fourth-order valence-corrected chi connectivity index (χ4v) is 2.88. The predicted molar refractivity (Wildman–Crippen MR) is 92.3 cm³/mol. The third-order valence-corrected chi connectivity index (χ3v) is 4.42. The molecule has 3 unspecified atom stereocenters. The zero-order valence-electron chi connectivity index (χ0n) is 14.8. The SMILES string of the molecule is CCCCCCCC1OC1C(O)CCCCCC=CC(=O)OC. The minimum atomic E-state index is -0.304.